The summed E-state index contributed by atoms with van der Waals surface area (Å²) in [7, 11) is 0. The van der Waals surface area contributed by atoms with Gasteiger partial charge in [-0.15, -0.1) is 0 Å². The summed E-state index contributed by atoms with van der Waals surface area (Å²) < 4.78 is 6.32. The molecule has 1 N–H and O–H groups in total. The Bertz CT molecular complexity index is 742. The van der Waals surface area contributed by atoms with Crippen LogP contribution in [-0.2, 0) is 4.74 Å². The highest BCUT2D eigenvalue weighted by Crippen LogP contribution is 2.27. The first-order valence-electron chi connectivity index (χ1n) is 9.13. The summed E-state index contributed by atoms with van der Waals surface area (Å²) in [6.45, 7) is 2.55. The van der Waals surface area contributed by atoms with Gasteiger partial charge < -0.3 is 14.7 Å². The van der Waals surface area contributed by atoms with Crippen LogP contribution in [0.2, 0.25) is 0 Å². The summed E-state index contributed by atoms with van der Waals surface area (Å²) in [6.07, 6.45) is 3.72. The van der Waals surface area contributed by atoms with Gasteiger partial charge in [0.1, 0.15) is 11.9 Å². The second-order valence-corrected chi connectivity index (χ2v) is 6.65. The lowest BCUT2D eigenvalue weighted by Gasteiger charge is -2.37. The van der Waals surface area contributed by atoms with E-state index in [-0.39, 0.29) is 12.1 Å². The zero-order chi connectivity index (χ0) is 18.4. The molecule has 26 heavy (non-hydrogen) atoms. The van der Waals surface area contributed by atoms with Crippen LogP contribution in [0.4, 0.5) is 4.79 Å². The van der Waals surface area contributed by atoms with Crippen LogP contribution in [0, 0.1) is 0 Å². The molecule has 1 heterocycles. The molecule has 0 aliphatic carbocycles. The van der Waals surface area contributed by atoms with Gasteiger partial charge in [0.05, 0.1) is 6.04 Å². The fourth-order valence-corrected chi connectivity index (χ4v) is 3.45. The van der Waals surface area contributed by atoms with Crippen molar-refractivity contribution in [2.75, 3.05) is 6.54 Å². The number of hydrogen-bond acceptors (Lipinski definition) is 2. The number of nitrogens with zero attached hydrogens (tertiary/aromatic N) is 1. The fourth-order valence-electron chi connectivity index (χ4n) is 3.45. The van der Waals surface area contributed by atoms with Crippen molar-refractivity contribution in [1.29, 1.82) is 0 Å². The van der Waals surface area contributed by atoms with E-state index in [0.29, 0.717) is 6.54 Å². The Morgan fingerprint density at radius 2 is 1.77 bits per heavy atom. The number of rotatable bonds is 5. The van der Waals surface area contributed by atoms with Crippen molar-refractivity contribution >= 4 is 17.9 Å². The van der Waals surface area contributed by atoms with Gasteiger partial charge in [-0.2, -0.15) is 0 Å². The highest BCUT2D eigenvalue weighted by molar-refractivity contribution is 5.77. The molecule has 0 bridgehead atoms. The van der Waals surface area contributed by atoms with Gasteiger partial charge in [0.15, 0.2) is 0 Å². The Morgan fingerprint density at radius 1 is 1.12 bits per heavy atom. The monoisotopic (exact) mass is 351 g/mol. The Hall–Kier alpha value is -2.75. The highest BCUT2D eigenvalue weighted by atomic mass is 16.5. The predicted octanol–water partition coefficient (Wildman–Crippen LogP) is 5.12. The van der Waals surface area contributed by atoms with E-state index < -0.39 is 6.09 Å². The van der Waals surface area contributed by atoms with Crippen molar-refractivity contribution in [2.45, 2.75) is 38.3 Å². The van der Waals surface area contributed by atoms with E-state index in [2.05, 4.69) is 0 Å². The van der Waals surface area contributed by atoms with Gasteiger partial charge in [0, 0.05) is 12.1 Å². The minimum absolute atomic E-state index is 0.121. The summed E-state index contributed by atoms with van der Waals surface area (Å²) in [6, 6.07) is 19.9. The summed E-state index contributed by atoms with van der Waals surface area (Å²) in [5, 5.41) is 9.50. The predicted molar refractivity (Wildman–Crippen MR) is 104 cm³/mol. The van der Waals surface area contributed by atoms with Crippen LogP contribution in [-0.4, -0.2) is 34.8 Å². The summed E-state index contributed by atoms with van der Waals surface area (Å²) in [5.74, 6) is 0.764. The van der Waals surface area contributed by atoms with Gasteiger partial charge >= 0.3 is 6.09 Å². The van der Waals surface area contributed by atoms with Crippen LogP contribution in [0.1, 0.15) is 37.3 Å². The number of carbonyl (C=O) groups is 1. The lowest BCUT2D eigenvalue weighted by molar-refractivity contribution is 0.0382. The standard InChI is InChI=1S/C22H25NO3/c1-17(20-14-8-9-15-23(20)22(24)25)26-21(19-12-6-3-7-13-19)16-18-10-4-2-5-11-18/h2-7,10-13,16-17,20H,8-9,14-15H2,1H3,(H,24,25)/b21-16+. The lowest BCUT2D eigenvalue weighted by Crippen LogP contribution is -2.49. The Kier molecular flexibility index (Phi) is 5.95. The molecule has 2 atom stereocenters. The van der Waals surface area contributed by atoms with Crippen molar-refractivity contribution in [3.05, 3.63) is 71.8 Å². The first-order chi connectivity index (χ1) is 12.6. The van der Waals surface area contributed by atoms with E-state index in [4.69, 9.17) is 4.74 Å². The van der Waals surface area contributed by atoms with Gasteiger partial charge in [0.25, 0.3) is 0 Å². The first kappa shape index (κ1) is 18.1. The van der Waals surface area contributed by atoms with Gasteiger partial charge in [-0.25, -0.2) is 4.79 Å². The van der Waals surface area contributed by atoms with E-state index in [0.717, 1.165) is 36.1 Å². The van der Waals surface area contributed by atoms with E-state index in [1.54, 1.807) is 0 Å². The number of carboxylic acid groups (broad SMARTS) is 1. The third-order valence-electron chi connectivity index (χ3n) is 4.81. The van der Waals surface area contributed by atoms with E-state index >= 15 is 0 Å². The molecule has 1 saturated heterocycles. The minimum Gasteiger partial charge on any atom is -0.488 e. The summed E-state index contributed by atoms with van der Waals surface area (Å²) in [4.78, 5) is 13.1. The molecule has 2 unspecified atom stereocenters. The van der Waals surface area contributed by atoms with Crippen molar-refractivity contribution in [3.8, 4) is 0 Å². The molecule has 1 aliphatic heterocycles. The molecule has 3 rings (SSSR count). The maximum atomic E-state index is 11.6. The number of ether oxygens (including phenoxy) is 1. The summed E-state index contributed by atoms with van der Waals surface area (Å²) in [5.41, 5.74) is 2.04. The third kappa shape index (κ3) is 4.45. The molecule has 0 spiro atoms. The number of hydrogen-bond donors (Lipinski definition) is 1. The smallest absolute Gasteiger partial charge is 0.407 e. The number of benzene rings is 2. The average molecular weight is 351 g/mol. The van der Waals surface area contributed by atoms with Gasteiger partial charge in [-0.1, -0.05) is 60.7 Å². The molecular formula is C22H25NO3. The fraction of sp³-hybridized carbons (Fsp3) is 0.318. The topological polar surface area (TPSA) is 49.8 Å². The van der Waals surface area contributed by atoms with Crippen LogP contribution in [0.3, 0.4) is 0 Å². The van der Waals surface area contributed by atoms with Gasteiger partial charge in [-0.3, -0.25) is 0 Å². The molecule has 2 aromatic rings. The SMILES string of the molecule is CC(O/C(=C/c1ccccc1)c1ccccc1)C1CCCCN1C(=O)O. The molecule has 1 aliphatic rings. The van der Waals surface area contributed by atoms with Crippen LogP contribution in [0.15, 0.2) is 60.7 Å². The molecule has 1 fully saturated rings. The van der Waals surface area contributed by atoms with Crippen LogP contribution in [0.5, 0.6) is 0 Å². The number of piperidine rings is 1. The molecule has 1 amide bonds. The quantitative estimate of drug-likeness (QED) is 0.601. The van der Waals surface area contributed by atoms with Crippen molar-refractivity contribution in [1.82, 2.24) is 4.90 Å². The van der Waals surface area contributed by atoms with Gasteiger partial charge in [0.2, 0.25) is 0 Å². The second kappa shape index (κ2) is 8.56. The maximum Gasteiger partial charge on any atom is 0.407 e. The highest BCUT2D eigenvalue weighted by Gasteiger charge is 2.32. The van der Waals surface area contributed by atoms with E-state index in [9.17, 15) is 9.90 Å². The normalized spacial score (nSPS) is 19.0. The van der Waals surface area contributed by atoms with Crippen molar-refractivity contribution in [3.63, 3.8) is 0 Å². The van der Waals surface area contributed by atoms with Gasteiger partial charge in [-0.05, 0) is 37.8 Å². The second-order valence-electron chi connectivity index (χ2n) is 6.65. The summed E-state index contributed by atoms with van der Waals surface area (Å²) >= 11 is 0. The molecule has 0 radical (unpaired) electrons. The average Bonchev–Trinajstić information content (AvgIpc) is 2.69. The van der Waals surface area contributed by atoms with E-state index in [1.807, 2.05) is 73.7 Å². The van der Waals surface area contributed by atoms with E-state index in [1.165, 1.54) is 4.90 Å². The zero-order valence-corrected chi connectivity index (χ0v) is 15.0. The molecule has 2 aromatic carbocycles. The molecule has 4 heteroatoms. The molecule has 0 saturated carbocycles. The minimum atomic E-state index is -0.863. The molecule has 0 aromatic heterocycles. The molecule has 4 nitrogen and oxygen atoms in total. The van der Waals surface area contributed by atoms with Crippen molar-refractivity contribution < 1.29 is 14.6 Å². The van der Waals surface area contributed by atoms with Crippen molar-refractivity contribution in [2.24, 2.45) is 0 Å². The Labute approximate surface area is 154 Å². The molecular weight excluding hydrogens is 326 g/mol. The Balaban J connectivity index is 1.85. The lowest BCUT2D eigenvalue weighted by atomic mass is 9.98. The number of likely N-dealkylation sites (tertiary alicyclic amines) is 1. The van der Waals surface area contributed by atoms with Crippen LogP contribution in [0.25, 0.3) is 11.8 Å². The zero-order valence-electron chi connectivity index (χ0n) is 15.0. The maximum absolute atomic E-state index is 11.6. The largest absolute Gasteiger partial charge is 0.488 e. The molecule has 136 valence electrons. The van der Waals surface area contributed by atoms with Crippen LogP contribution < -0.4 is 0 Å². The third-order valence-corrected chi connectivity index (χ3v) is 4.81. The van der Waals surface area contributed by atoms with Crippen LogP contribution >= 0.6 is 0 Å². The number of amides is 1. The Morgan fingerprint density at radius 3 is 2.42 bits per heavy atom. The first-order valence-corrected chi connectivity index (χ1v) is 9.13.